The monoisotopic (exact) mass is 303 g/mol. The molecular weight excluding hydrogens is 286 g/mol. The molecule has 0 saturated carbocycles. The smallest absolute Gasteiger partial charge is 0.308 e. The predicted octanol–water partition coefficient (Wildman–Crippen LogP) is 2.10. The van der Waals surface area contributed by atoms with E-state index in [1.54, 1.807) is 37.4 Å². The summed E-state index contributed by atoms with van der Waals surface area (Å²) < 4.78 is 14.9. The topological polar surface area (TPSA) is 91.8 Å². The van der Waals surface area contributed by atoms with Crippen LogP contribution in [0.5, 0.6) is 5.75 Å². The third kappa shape index (κ3) is 4.20. The summed E-state index contributed by atoms with van der Waals surface area (Å²) in [6.07, 6.45) is 1.37. The first-order valence-corrected chi connectivity index (χ1v) is 6.72. The van der Waals surface area contributed by atoms with Crippen LogP contribution in [-0.4, -0.2) is 25.5 Å². The van der Waals surface area contributed by atoms with E-state index in [4.69, 9.17) is 19.6 Å². The Balaban J connectivity index is 1.81. The summed E-state index contributed by atoms with van der Waals surface area (Å²) in [6, 6.07) is 9.70. The van der Waals surface area contributed by atoms with E-state index in [0.29, 0.717) is 5.75 Å². The minimum atomic E-state index is -0.539. The first-order valence-electron chi connectivity index (χ1n) is 6.72. The molecule has 0 saturated heterocycles. The van der Waals surface area contributed by atoms with Gasteiger partial charge in [0.15, 0.2) is 12.4 Å². The van der Waals surface area contributed by atoms with E-state index in [2.05, 4.69) is 0 Å². The molecule has 2 rings (SSSR count). The zero-order chi connectivity index (χ0) is 15.9. The Morgan fingerprint density at radius 1 is 1.23 bits per heavy atom. The highest BCUT2D eigenvalue weighted by Crippen LogP contribution is 2.18. The van der Waals surface area contributed by atoms with Crippen LogP contribution in [0.25, 0.3) is 0 Å². The van der Waals surface area contributed by atoms with Gasteiger partial charge in [0, 0.05) is 6.04 Å². The molecule has 0 amide bonds. The van der Waals surface area contributed by atoms with Gasteiger partial charge in [0.2, 0.25) is 5.78 Å². The molecule has 2 aromatic rings. The largest absolute Gasteiger partial charge is 0.497 e. The highest BCUT2D eigenvalue weighted by Gasteiger charge is 2.16. The van der Waals surface area contributed by atoms with Crippen LogP contribution in [0.15, 0.2) is 47.1 Å². The van der Waals surface area contributed by atoms with Crippen molar-refractivity contribution in [2.24, 2.45) is 5.73 Å². The highest BCUT2D eigenvalue weighted by molar-refractivity contribution is 5.95. The Morgan fingerprint density at radius 3 is 2.55 bits per heavy atom. The van der Waals surface area contributed by atoms with Gasteiger partial charge in [-0.15, -0.1) is 0 Å². The van der Waals surface area contributed by atoms with Crippen molar-refractivity contribution in [3.8, 4) is 5.75 Å². The van der Waals surface area contributed by atoms with Crippen LogP contribution in [0.4, 0.5) is 0 Å². The van der Waals surface area contributed by atoms with Gasteiger partial charge in [-0.1, -0.05) is 12.1 Å². The average Bonchev–Trinajstić information content (AvgIpc) is 3.07. The molecule has 0 bridgehead atoms. The molecule has 1 unspecified atom stereocenters. The standard InChI is InChI=1S/C16H17NO5/c1-20-12-6-4-11(5-7-12)13(17)9-16(19)22-10-14(18)15-3-2-8-21-15/h2-8,13H,9-10,17H2,1H3. The summed E-state index contributed by atoms with van der Waals surface area (Å²) in [5, 5.41) is 0. The fourth-order valence-corrected chi connectivity index (χ4v) is 1.86. The number of rotatable bonds is 7. The van der Waals surface area contributed by atoms with E-state index in [9.17, 15) is 9.59 Å². The molecule has 1 aromatic carbocycles. The van der Waals surface area contributed by atoms with E-state index in [0.717, 1.165) is 5.56 Å². The van der Waals surface area contributed by atoms with Gasteiger partial charge in [-0.05, 0) is 29.8 Å². The van der Waals surface area contributed by atoms with Crippen LogP contribution < -0.4 is 10.5 Å². The Labute approximate surface area is 127 Å². The maximum absolute atomic E-state index is 11.7. The number of carbonyl (C=O) groups is 2. The second kappa shape index (κ2) is 7.42. The number of carbonyl (C=O) groups excluding carboxylic acids is 2. The molecule has 6 nitrogen and oxygen atoms in total. The molecule has 116 valence electrons. The number of methoxy groups -OCH3 is 1. The first-order chi connectivity index (χ1) is 10.6. The Bertz CT molecular complexity index is 618. The maximum Gasteiger partial charge on any atom is 0.308 e. The number of hydrogen-bond donors (Lipinski definition) is 1. The molecule has 0 fully saturated rings. The number of ether oxygens (including phenoxy) is 2. The Kier molecular flexibility index (Phi) is 5.32. The second-order valence-electron chi connectivity index (χ2n) is 4.64. The molecule has 22 heavy (non-hydrogen) atoms. The van der Waals surface area contributed by atoms with Crippen LogP contribution >= 0.6 is 0 Å². The van der Waals surface area contributed by atoms with Crippen LogP contribution in [0.3, 0.4) is 0 Å². The lowest BCUT2D eigenvalue weighted by Crippen LogP contribution is -2.19. The fourth-order valence-electron chi connectivity index (χ4n) is 1.86. The molecule has 0 aliphatic heterocycles. The number of Topliss-reactive ketones (excluding diaryl/α,β-unsaturated/α-hetero) is 1. The van der Waals surface area contributed by atoms with Crippen molar-refractivity contribution in [1.82, 2.24) is 0 Å². The van der Waals surface area contributed by atoms with E-state index >= 15 is 0 Å². The molecule has 6 heteroatoms. The number of nitrogens with two attached hydrogens (primary N) is 1. The van der Waals surface area contributed by atoms with E-state index in [1.807, 2.05) is 0 Å². The van der Waals surface area contributed by atoms with Crippen LogP contribution in [-0.2, 0) is 9.53 Å². The number of esters is 1. The van der Waals surface area contributed by atoms with Gasteiger partial charge in [-0.3, -0.25) is 9.59 Å². The Morgan fingerprint density at radius 2 is 1.95 bits per heavy atom. The summed E-state index contributed by atoms with van der Waals surface area (Å²) in [5.41, 5.74) is 6.73. The van der Waals surface area contributed by atoms with Gasteiger partial charge in [-0.25, -0.2) is 0 Å². The second-order valence-corrected chi connectivity index (χ2v) is 4.64. The van der Waals surface area contributed by atoms with Gasteiger partial charge in [-0.2, -0.15) is 0 Å². The van der Waals surface area contributed by atoms with Gasteiger partial charge >= 0.3 is 5.97 Å². The molecule has 1 heterocycles. The summed E-state index contributed by atoms with van der Waals surface area (Å²) in [7, 11) is 1.57. The van der Waals surface area contributed by atoms with Crippen LogP contribution in [0, 0.1) is 0 Å². The normalized spacial score (nSPS) is 11.7. The quantitative estimate of drug-likeness (QED) is 0.622. The van der Waals surface area contributed by atoms with Crippen molar-refractivity contribution in [2.45, 2.75) is 12.5 Å². The molecule has 0 spiro atoms. The molecule has 2 N–H and O–H groups in total. The molecule has 0 aliphatic carbocycles. The number of benzene rings is 1. The molecule has 1 aromatic heterocycles. The van der Waals surface area contributed by atoms with E-state index < -0.39 is 17.8 Å². The zero-order valence-corrected chi connectivity index (χ0v) is 12.2. The fraction of sp³-hybridized carbons (Fsp3) is 0.250. The third-order valence-electron chi connectivity index (χ3n) is 3.09. The predicted molar refractivity (Wildman–Crippen MR) is 78.5 cm³/mol. The highest BCUT2D eigenvalue weighted by atomic mass is 16.5. The summed E-state index contributed by atoms with van der Waals surface area (Å²) >= 11 is 0. The minimum Gasteiger partial charge on any atom is -0.497 e. The number of furan rings is 1. The number of ketones is 1. The van der Waals surface area contributed by atoms with Gasteiger partial charge in [0.05, 0.1) is 19.8 Å². The van der Waals surface area contributed by atoms with Crippen molar-refractivity contribution >= 4 is 11.8 Å². The maximum atomic E-state index is 11.7. The average molecular weight is 303 g/mol. The van der Waals surface area contributed by atoms with Crippen molar-refractivity contribution in [3.63, 3.8) is 0 Å². The van der Waals surface area contributed by atoms with Gasteiger partial charge in [0.25, 0.3) is 0 Å². The zero-order valence-electron chi connectivity index (χ0n) is 12.2. The lowest BCUT2D eigenvalue weighted by molar-refractivity contribution is -0.142. The summed E-state index contributed by atoms with van der Waals surface area (Å²) in [4.78, 5) is 23.3. The lowest BCUT2D eigenvalue weighted by atomic mass is 10.0. The minimum absolute atomic E-state index is 0.0161. The SMILES string of the molecule is COc1ccc(C(N)CC(=O)OCC(=O)c2ccco2)cc1. The van der Waals surface area contributed by atoms with Crippen LogP contribution in [0.2, 0.25) is 0 Å². The van der Waals surface area contributed by atoms with Crippen LogP contribution in [0.1, 0.15) is 28.6 Å². The molecule has 0 aliphatic rings. The van der Waals surface area contributed by atoms with E-state index in [1.165, 1.54) is 12.3 Å². The molecule has 1 atom stereocenters. The van der Waals surface area contributed by atoms with Gasteiger partial charge < -0.3 is 19.6 Å². The number of hydrogen-bond acceptors (Lipinski definition) is 6. The van der Waals surface area contributed by atoms with Crippen molar-refractivity contribution < 1.29 is 23.5 Å². The third-order valence-corrected chi connectivity index (χ3v) is 3.09. The summed E-state index contributed by atoms with van der Waals surface area (Å²) in [5.74, 6) is -0.0607. The molecule has 0 radical (unpaired) electrons. The Hall–Kier alpha value is -2.60. The first kappa shape index (κ1) is 15.8. The van der Waals surface area contributed by atoms with Crippen molar-refractivity contribution in [3.05, 3.63) is 54.0 Å². The van der Waals surface area contributed by atoms with E-state index in [-0.39, 0.29) is 18.8 Å². The summed E-state index contributed by atoms with van der Waals surface area (Å²) in [6.45, 7) is -0.359. The van der Waals surface area contributed by atoms with Gasteiger partial charge in [0.1, 0.15) is 5.75 Å². The van der Waals surface area contributed by atoms with Crippen molar-refractivity contribution in [2.75, 3.05) is 13.7 Å². The molecular formula is C16H17NO5. The lowest BCUT2D eigenvalue weighted by Gasteiger charge is -2.12. The van der Waals surface area contributed by atoms with Crippen molar-refractivity contribution in [1.29, 1.82) is 0 Å².